The van der Waals surface area contributed by atoms with Crippen LogP contribution in [0, 0.1) is 17.8 Å². The summed E-state index contributed by atoms with van der Waals surface area (Å²) >= 11 is 0. The van der Waals surface area contributed by atoms with Gasteiger partial charge in [0.1, 0.15) is 23.9 Å². The number of allylic oxidation sites excluding steroid dienone is 1. The Morgan fingerprint density at radius 1 is 1.08 bits per heavy atom. The van der Waals surface area contributed by atoms with E-state index in [2.05, 4.69) is 26.0 Å². The summed E-state index contributed by atoms with van der Waals surface area (Å²) in [5.41, 5.74) is 0.128. The number of pyridine rings is 1. The van der Waals surface area contributed by atoms with Crippen molar-refractivity contribution >= 4 is 46.3 Å². The van der Waals surface area contributed by atoms with Gasteiger partial charge in [0.05, 0.1) is 13.4 Å². The predicted molar refractivity (Wildman–Crippen MR) is 179 cm³/mol. The zero-order valence-corrected chi connectivity index (χ0v) is 27.5. The summed E-state index contributed by atoms with van der Waals surface area (Å²) < 4.78 is 11.2. The van der Waals surface area contributed by atoms with E-state index < -0.39 is 29.4 Å². The van der Waals surface area contributed by atoms with Crippen molar-refractivity contribution in [2.45, 2.75) is 76.0 Å². The molecule has 7 rings (SSSR count). The largest absolute Gasteiger partial charge is 0.466 e. The Morgan fingerprint density at radius 3 is 2.59 bits per heavy atom. The molecule has 0 spiro atoms. The van der Waals surface area contributed by atoms with Gasteiger partial charge in [-0.3, -0.25) is 24.0 Å². The number of rotatable bonds is 12. The van der Waals surface area contributed by atoms with E-state index >= 15 is 0 Å². The maximum Gasteiger partial charge on any atom is 0.330 e. The highest BCUT2D eigenvalue weighted by molar-refractivity contribution is 6.02. The van der Waals surface area contributed by atoms with Crippen molar-refractivity contribution in [3.8, 4) is 0 Å². The average molecular weight is 672 g/mol. The van der Waals surface area contributed by atoms with Crippen LogP contribution in [0.25, 0.3) is 11.0 Å². The molecule has 4 amide bonds. The van der Waals surface area contributed by atoms with Crippen molar-refractivity contribution in [1.82, 2.24) is 20.5 Å². The number of hydrogen-bond acceptors (Lipinski definition) is 8. The summed E-state index contributed by atoms with van der Waals surface area (Å²) in [5, 5.41) is 12.5. The minimum atomic E-state index is -1.07. The van der Waals surface area contributed by atoms with Gasteiger partial charge in [-0.2, -0.15) is 0 Å². The average Bonchev–Trinajstić information content (AvgIpc) is 3.53. The third kappa shape index (κ3) is 7.60. The molecule has 4 fully saturated rings. The van der Waals surface area contributed by atoms with Crippen molar-refractivity contribution in [3.05, 3.63) is 76.9 Å². The van der Waals surface area contributed by atoms with E-state index in [1.165, 1.54) is 42.4 Å². The number of hydrogen-bond donors (Lipinski definition) is 4. The van der Waals surface area contributed by atoms with Crippen LogP contribution in [0.1, 0.15) is 62.2 Å². The molecule has 2 unspecified atom stereocenters. The first kappa shape index (κ1) is 33.7. The van der Waals surface area contributed by atoms with Crippen LogP contribution < -0.4 is 26.8 Å². The first-order valence-electron chi connectivity index (χ1n) is 16.6. The first-order chi connectivity index (χ1) is 23.5. The Morgan fingerprint density at radius 2 is 1.86 bits per heavy atom. The number of carbonyl (C=O) groups excluding carboxylic acids is 5. The third-order valence-corrected chi connectivity index (χ3v) is 10.0. The molecule has 13 nitrogen and oxygen atoms in total. The molecule has 4 aliphatic carbocycles. The number of furan rings is 1. The molecule has 1 aromatic carbocycles. The topological polar surface area (TPSA) is 178 Å². The van der Waals surface area contributed by atoms with E-state index in [-0.39, 0.29) is 60.3 Å². The van der Waals surface area contributed by atoms with Gasteiger partial charge in [0.25, 0.3) is 11.5 Å². The maximum absolute atomic E-state index is 13.5. The smallest absolute Gasteiger partial charge is 0.330 e. The van der Waals surface area contributed by atoms with E-state index in [4.69, 9.17) is 4.42 Å². The first-order valence-corrected chi connectivity index (χ1v) is 16.6. The van der Waals surface area contributed by atoms with E-state index in [9.17, 15) is 28.8 Å². The summed E-state index contributed by atoms with van der Waals surface area (Å²) in [6.07, 6.45) is 10.8. The molecule has 13 heteroatoms. The van der Waals surface area contributed by atoms with E-state index in [0.717, 1.165) is 37.5 Å². The number of carbonyl (C=O) groups is 5. The van der Waals surface area contributed by atoms with Crippen LogP contribution in [0.5, 0.6) is 0 Å². The second kappa shape index (κ2) is 14.1. The molecule has 258 valence electrons. The number of nitrogens with zero attached hydrogens (tertiary/aromatic N) is 1. The lowest BCUT2D eigenvalue weighted by Gasteiger charge is -2.60. The molecule has 2 heterocycles. The van der Waals surface area contributed by atoms with Crippen LogP contribution in [0.3, 0.4) is 0 Å². The fourth-order valence-electron chi connectivity index (χ4n) is 8.28. The number of aromatic nitrogens is 1. The number of fused-ring (bicyclic) bond motifs is 1. The molecule has 4 saturated carbocycles. The van der Waals surface area contributed by atoms with Crippen LogP contribution in [0.15, 0.2) is 70.2 Å². The second-order valence-electron chi connectivity index (χ2n) is 13.6. The second-order valence-corrected chi connectivity index (χ2v) is 13.6. The SMILES string of the molecule is COC(=O)/C=C/CC[C@H](NC(=O)c1ccc2occc2c1)C(=O)Nc1cccn(CC(=O)NC2C3CC4CC2CC(NC(C)=O)(C4)C3)c1=O. The third-order valence-electron chi connectivity index (χ3n) is 10.0. The predicted octanol–water partition coefficient (Wildman–Crippen LogP) is 3.04. The fourth-order valence-corrected chi connectivity index (χ4v) is 8.28. The number of methoxy groups -OCH3 is 1. The van der Waals surface area contributed by atoms with Gasteiger partial charge in [0.15, 0.2) is 0 Å². The number of ether oxygens (including phenoxy) is 1. The molecule has 0 radical (unpaired) electrons. The highest BCUT2D eigenvalue weighted by atomic mass is 16.5. The molecular weight excluding hydrogens is 630 g/mol. The summed E-state index contributed by atoms with van der Waals surface area (Å²) in [6.45, 7) is 1.32. The van der Waals surface area contributed by atoms with Crippen molar-refractivity contribution < 1.29 is 33.1 Å². The Labute approximate surface area is 282 Å². The van der Waals surface area contributed by atoms with Crippen molar-refractivity contribution in [2.24, 2.45) is 17.8 Å². The molecule has 3 aromatic rings. The summed E-state index contributed by atoms with van der Waals surface area (Å²) in [5.74, 6) is -0.942. The van der Waals surface area contributed by atoms with Crippen LogP contribution in [-0.4, -0.2) is 58.9 Å². The summed E-state index contributed by atoms with van der Waals surface area (Å²) in [4.78, 5) is 76.8. The normalized spacial score (nSPS) is 24.4. The highest BCUT2D eigenvalue weighted by Gasteiger charge is 2.56. The lowest BCUT2D eigenvalue weighted by atomic mass is 9.51. The molecule has 3 atom stereocenters. The van der Waals surface area contributed by atoms with Gasteiger partial charge >= 0.3 is 5.97 Å². The van der Waals surface area contributed by atoms with Gasteiger partial charge in [-0.1, -0.05) is 6.08 Å². The summed E-state index contributed by atoms with van der Waals surface area (Å²) in [6, 6.07) is 8.53. The lowest BCUT2D eigenvalue weighted by molar-refractivity contribution is -0.135. The number of amides is 4. The number of anilines is 1. The number of esters is 1. The molecule has 2 aromatic heterocycles. The molecule has 4 bridgehead atoms. The molecule has 4 N–H and O–H groups in total. The Bertz CT molecular complexity index is 1840. The molecule has 0 saturated heterocycles. The van der Waals surface area contributed by atoms with Crippen molar-refractivity contribution in [2.75, 3.05) is 12.4 Å². The maximum atomic E-state index is 13.5. The zero-order valence-electron chi connectivity index (χ0n) is 27.5. The summed E-state index contributed by atoms with van der Waals surface area (Å²) in [7, 11) is 1.25. The van der Waals surface area contributed by atoms with Crippen LogP contribution in [-0.2, 0) is 30.5 Å². The van der Waals surface area contributed by atoms with E-state index in [1.807, 2.05) is 0 Å². The molecule has 4 aliphatic rings. The molecule has 49 heavy (non-hydrogen) atoms. The van der Waals surface area contributed by atoms with Gasteiger partial charge in [-0.25, -0.2) is 4.79 Å². The Balaban J connectivity index is 1.11. The standard InChI is InChI=1S/C36H41N5O8/c1-21(42)40-36-17-22-14-25(18-36)32(26(15-22)19-36)39-30(43)20-41-12-5-7-28(35(41)47)38-34(46)27(6-3-4-8-31(44)48-2)37-33(45)24-9-10-29-23(16-24)11-13-49-29/h4-5,7-13,16,22,25-27,32H,3,6,14-15,17-20H2,1-2H3,(H,37,45)(H,38,46)(H,39,43)(H,40,42)/b8-4+/t22?,25?,26?,27-,32?,36?/m0/s1. The van der Waals surface area contributed by atoms with Gasteiger partial charge < -0.3 is 35.0 Å². The van der Waals surface area contributed by atoms with Gasteiger partial charge in [0, 0.05) is 41.7 Å². The number of nitrogens with one attached hydrogen (secondary N) is 4. The monoisotopic (exact) mass is 671 g/mol. The lowest BCUT2D eigenvalue weighted by Crippen LogP contribution is -2.66. The number of benzene rings is 1. The zero-order chi connectivity index (χ0) is 34.7. The van der Waals surface area contributed by atoms with E-state index in [0.29, 0.717) is 17.1 Å². The minimum absolute atomic E-state index is 0.0173. The highest BCUT2D eigenvalue weighted by Crippen LogP contribution is 2.55. The minimum Gasteiger partial charge on any atom is -0.466 e. The Kier molecular flexibility index (Phi) is 9.70. The molecule has 0 aliphatic heterocycles. The molecular formula is C36H41N5O8. The van der Waals surface area contributed by atoms with Gasteiger partial charge in [-0.15, -0.1) is 0 Å². The van der Waals surface area contributed by atoms with Crippen LogP contribution in [0.4, 0.5) is 5.69 Å². The fraction of sp³-hybridized carbons (Fsp3) is 0.444. The van der Waals surface area contributed by atoms with Crippen molar-refractivity contribution in [3.63, 3.8) is 0 Å². The quantitative estimate of drug-likeness (QED) is 0.168. The van der Waals surface area contributed by atoms with Crippen LogP contribution >= 0.6 is 0 Å². The van der Waals surface area contributed by atoms with Gasteiger partial charge in [0.2, 0.25) is 17.7 Å². The Hall–Kier alpha value is -5.20. The van der Waals surface area contributed by atoms with Crippen LogP contribution in [0.2, 0.25) is 0 Å². The van der Waals surface area contributed by atoms with Crippen molar-refractivity contribution in [1.29, 1.82) is 0 Å². The van der Waals surface area contributed by atoms with Gasteiger partial charge in [-0.05, 0) is 99.1 Å². The van der Waals surface area contributed by atoms with E-state index in [1.54, 1.807) is 37.3 Å².